The van der Waals surface area contributed by atoms with Crippen molar-refractivity contribution in [3.8, 4) is 5.75 Å². The predicted octanol–water partition coefficient (Wildman–Crippen LogP) is 1.54. The Kier molecular flexibility index (Phi) is 6.88. The summed E-state index contributed by atoms with van der Waals surface area (Å²) in [6.07, 6.45) is 2.77. The molecule has 1 aromatic rings. The standard InChI is InChI=1S/C24H30N4O5/c1-15-7-9-27(10-8-15)12-16(25)11-17(29)14-33-21-4-2-3-18-19(21)13-28(24(18)32)20-5-6-22(30)26-23(20)31/h2-4,15,20,25H,5-14H2,1H3,(H,26,30,31). The highest BCUT2D eigenvalue weighted by molar-refractivity contribution is 6.06. The maximum Gasteiger partial charge on any atom is 0.255 e. The van der Waals surface area contributed by atoms with Crippen LogP contribution >= 0.6 is 0 Å². The molecule has 1 unspecified atom stereocenters. The number of ether oxygens (including phenoxy) is 1. The van der Waals surface area contributed by atoms with Crippen LogP contribution in [0.5, 0.6) is 5.75 Å². The highest BCUT2D eigenvalue weighted by Crippen LogP contribution is 2.33. The van der Waals surface area contributed by atoms with Gasteiger partial charge in [-0.05, 0) is 50.4 Å². The summed E-state index contributed by atoms with van der Waals surface area (Å²) < 4.78 is 5.75. The summed E-state index contributed by atoms with van der Waals surface area (Å²) in [5, 5.41) is 10.5. The van der Waals surface area contributed by atoms with E-state index >= 15 is 0 Å². The molecule has 1 aromatic carbocycles. The smallest absolute Gasteiger partial charge is 0.255 e. The largest absolute Gasteiger partial charge is 0.485 e. The summed E-state index contributed by atoms with van der Waals surface area (Å²) >= 11 is 0. The first-order valence-corrected chi connectivity index (χ1v) is 11.5. The van der Waals surface area contributed by atoms with Crippen molar-refractivity contribution >= 4 is 29.2 Å². The van der Waals surface area contributed by atoms with Crippen LogP contribution in [-0.2, 0) is 20.9 Å². The van der Waals surface area contributed by atoms with E-state index in [0.717, 1.165) is 31.8 Å². The number of hydrogen-bond donors (Lipinski definition) is 2. The maximum absolute atomic E-state index is 12.9. The SMILES string of the molecule is CC1CCN(CC(=N)CC(=O)COc2cccc3c2CN(C2CCC(=O)NC2=O)C3=O)CC1. The van der Waals surface area contributed by atoms with Crippen LogP contribution in [0.1, 0.15) is 54.9 Å². The van der Waals surface area contributed by atoms with Gasteiger partial charge in [0.05, 0.1) is 6.54 Å². The molecule has 0 saturated carbocycles. The zero-order valence-electron chi connectivity index (χ0n) is 18.9. The normalized spacial score (nSPS) is 21.7. The molecule has 0 aromatic heterocycles. The van der Waals surface area contributed by atoms with Gasteiger partial charge in [-0.3, -0.25) is 29.4 Å². The lowest BCUT2D eigenvalue weighted by Gasteiger charge is -2.30. The van der Waals surface area contributed by atoms with Gasteiger partial charge in [0.2, 0.25) is 11.8 Å². The lowest BCUT2D eigenvalue weighted by Crippen LogP contribution is -2.52. The van der Waals surface area contributed by atoms with Gasteiger partial charge < -0.3 is 15.0 Å². The molecule has 9 heteroatoms. The molecule has 9 nitrogen and oxygen atoms in total. The van der Waals surface area contributed by atoms with Crippen molar-refractivity contribution < 1.29 is 23.9 Å². The first kappa shape index (κ1) is 23.1. The molecular formula is C24H30N4O5. The molecule has 3 amide bonds. The number of amides is 3. The van der Waals surface area contributed by atoms with Crippen molar-refractivity contribution in [1.29, 1.82) is 5.41 Å². The fourth-order valence-corrected chi connectivity index (χ4v) is 4.69. The number of piperidine rings is 2. The van der Waals surface area contributed by atoms with Gasteiger partial charge in [0.15, 0.2) is 5.78 Å². The van der Waals surface area contributed by atoms with Crippen molar-refractivity contribution in [2.45, 2.75) is 51.6 Å². The van der Waals surface area contributed by atoms with E-state index in [1.165, 1.54) is 4.90 Å². The van der Waals surface area contributed by atoms with Gasteiger partial charge in [-0.15, -0.1) is 0 Å². The third-order valence-electron chi connectivity index (χ3n) is 6.63. The summed E-state index contributed by atoms with van der Waals surface area (Å²) in [4.78, 5) is 52.6. The monoisotopic (exact) mass is 454 g/mol. The Hall–Kier alpha value is -3.07. The minimum Gasteiger partial charge on any atom is -0.485 e. The van der Waals surface area contributed by atoms with Gasteiger partial charge in [0.1, 0.15) is 18.4 Å². The minimum atomic E-state index is -0.699. The molecule has 176 valence electrons. The first-order chi connectivity index (χ1) is 15.8. The average molecular weight is 455 g/mol. The van der Waals surface area contributed by atoms with Crippen molar-refractivity contribution in [2.24, 2.45) is 5.92 Å². The van der Waals surface area contributed by atoms with E-state index < -0.39 is 11.9 Å². The number of imide groups is 1. The molecule has 3 heterocycles. The predicted molar refractivity (Wildman–Crippen MR) is 120 cm³/mol. The highest BCUT2D eigenvalue weighted by atomic mass is 16.5. The van der Waals surface area contributed by atoms with Crippen molar-refractivity contribution in [3.63, 3.8) is 0 Å². The lowest BCUT2D eigenvalue weighted by molar-refractivity contribution is -0.137. The summed E-state index contributed by atoms with van der Waals surface area (Å²) in [6, 6.07) is 4.36. The van der Waals surface area contributed by atoms with Crippen LogP contribution in [0.3, 0.4) is 0 Å². The number of Topliss-reactive ketones (excluding diaryl/α,β-unsaturated/α-hetero) is 1. The molecule has 4 rings (SSSR count). The Morgan fingerprint density at radius 2 is 1.94 bits per heavy atom. The zero-order valence-corrected chi connectivity index (χ0v) is 18.9. The molecule has 3 aliphatic heterocycles. The van der Waals surface area contributed by atoms with E-state index in [4.69, 9.17) is 10.1 Å². The van der Waals surface area contributed by atoms with E-state index in [1.807, 2.05) is 0 Å². The molecule has 0 radical (unpaired) electrons. The topological polar surface area (TPSA) is 120 Å². The zero-order chi connectivity index (χ0) is 23.5. The molecule has 33 heavy (non-hydrogen) atoms. The van der Waals surface area contributed by atoms with E-state index in [-0.39, 0.29) is 50.0 Å². The molecule has 2 saturated heterocycles. The van der Waals surface area contributed by atoms with Gasteiger partial charge in [-0.2, -0.15) is 0 Å². The maximum atomic E-state index is 12.9. The molecule has 0 bridgehead atoms. The molecule has 3 aliphatic rings. The second-order valence-electron chi connectivity index (χ2n) is 9.25. The second kappa shape index (κ2) is 9.82. The van der Waals surface area contributed by atoms with Crippen LogP contribution in [0.15, 0.2) is 18.2 Å². The molecule has 0 aliphatic carbocycles. The number of likely N-dealkylation sites (tertiary alicyclic amines) is 1. The Labute approximate surface area is 192 Å². The fourth-order valence-electron chi connectivity index (χ4n) is 4.69. The van der Waals surface area contributed by atoms with E-state index in [0.29, 0.717) is 29.1 Å². The highest BCUT2D eigenvalue weighted by Gasteiger charge is 2.40. The van der Waals surface area contributed by atoms with Gasteiger partial charge in [0, 0.05) is 36.2 Å². The fraction of sp³-hybridized carbons (Fsp3) is 0.542. The number of ketones is 1. The van der Waals surface area contributed by atoms with E-state index in [1.54, 1.807) is 18.2 Å². The Morgan fingerprint density at radius 3 is 2.67 bits per heavy atom. The Balaban J connectivity index is 1.32. The molecule has 2 fully saturated rings. The summed E-state index contributed by atoms with van der Waals surface area (Å²) in [5.41, 5.74) is 1.46. The average Bonchev–Trinajstić information content (AvgIpc) is 3.11. The second-order valence-corrected chi connectivity index (χ2v) is 9.25. The van der Waals surface area contributed by atoms with Crippen LogP contribution in [0.25, 0.3) is 0 Å². The number of carbonyl (C=O) groups excluding carboxylic acids is 4. The van der Waals surface area contributed by atoms with Crippen LogP contribution in [0.4, 0.5) is 0 Å². The molecule has 2 N–H and O–H groups in total. The number of hydrogen-bond acceptors (Lipinski definition) is 7. The molecular weight excluding hydrogens is 424 g/mol. The van der Waals surface area contributed by atoms with Gasteiger partial charge in [-0.25, -0.2) is 0 Å². The summed E-state index contributed by atoms with van der Waals surface area (Å²) in [6.45, 7) is 4.68. The number of carbonyl (C=O) groups is 4. The van der Waals surface area contributed by atoms with Crippen LogP contribution in [-0.4, -0.2) is 71.3 Å². The number of nitrogens with one attached hydrogen (secondary N) is 2. The first-order valence-electron chi connectivity index (χ1n) is 11.5. The molecule has 1 atom stereocenters. The van der Waals surface area contributed by atoms with E-state index in [2.05, 4.69) is 17.1 Å². The van der Waals surface area contributed by atoms with Crippen LogP contribution in [0, 0.1) is 11.3 Å². The van der Waals surface area contributed by atoms with E-state index in [9.17, 15) is 19.2 Å². The summed E-state index contributed by atoms with van der Waals surface area (Å²) in [7, 11) is 0. The Bertz CT molecular complexity index is 983. The number of nitrogens with zero attached hydrogens (tertiary/aromatic N) is 2. The quantitative estimate of drug-likeness (QED) is 0.454. The number of rotatable bonds is 8. The van der Waals surface area contributed by atoms with Crippen molar-refractivity contribution in [2.75, 3.05) is 26.2 Å². The van der Waals surface area contributed by atoms with Crippen molar-refractivity contribution in [1.82, 2.24) is 15.1 Å². The number of fused-ring (bicyclic) bond motifs is 1. The van der Waals surface area contributed by atoms with Gasteiger partial charge >= 0.3 is 0 Å². The van der Waals surface area contributed by atoms with Gasteiger partial charge in [-0.1, -0.05) is 13.0 Å². The van der Waals surface area contributed by atoms with Gasteiger partial charge in [0.25, 0.3) is 5.91 Å². The third kappa shape index (κ3) is 5.30. The third-order valence-corrected chi connectivity index (χ3v) is 6.63. The lowest BCUT2D eigenvalue weighted by atomic mass is 9.99. The minimum absolute atomic E-state index is 0.0441. The van der Waals surface area contributed by atoms with Crippen molar-refractivity contribution in [3.05, 3.63) is 29.3 Å². The van der Waals surface area contributed by atoms with Crippen LogP contribution < -0.4 is 10.1 Å². The van der Waals surface area contributed by atoms with Crippen LogP contribution in [0.2, 0.25) is 0 Å². The Morgan fingerprint density at radius 1 is 1.18 bits per heavy atom. The molecule has 0 spiro atoms. The number of benzene rings is 1. The summed E-state index contributed by atoms with van der Waals surface area (Å²) in [5.74, 6) is -0.116.